The van der Waals surface area contributed by atoms with E-state index in [1.165, 1.54) is 0 Å². The van der Waals surface area contributed by atoms with Crippen LogP contribution in [0.15, 0.2) is 18.2 Å². The molecule has 0 saturated heterocycles. The second-order valence-electron chi connectivity index (χ2n) is 3.95. The van der Waals surface area contributed by atoms with Crippen LogP contribution >= 0.6 is 11.6 Å². The van der Waals surface area contributed by atoms with Crippen LogP contribution in [0.1, 0.15) is 18.9 Å². The van der Waals surface area contributed by atoms with Crippen LogP contribution in [-0.2, 0) is 11.2 Å². The van der Waals surface area contributed by atoms with E-state index in [0.717, 1.165) is 17.1 Å². The van der Waals surface area contributed by atoms with E-state index in [2.05, 4.69) is 5.32 Å². The molecule has 1 aromatic carbocycles. The Morgan fingerprint density at radius 2 is 2.21 bits per heavy atom. The van der Waals surface area contributed by atoms with Crippen LogP contribution in [0, 0.1) is 0 Å². The molecule has 0 saturated carbocycles. The minimum atomic E-state index is -0.0264. The second kappa shape index (κ2) is 8.64. The number of nitrogens with one attached hydrogen (secondary N) is 1. The standard InChI is InChI=1S/C14H20ClNO3/c1-3-19-13-10-12(18-2)5-4-11(13)7-9-16-14(17)6-8-15/h4-5,10H,3,6-9H2,1-2H3,(H,16,17). The zero-order valence-electron chi connectivity index (χ0n) is 11.4. The Morgan fingerprint density at radius 1 is 1.42 bits per heavy atom. The van der Waals surface area contributed by atoms with Crippen molar-refractivity contribution in [2.75, 3.05) is 26.1 Å². The van der Waals surface area contributed by atoms with Gasteiger partial charge in [0, 0.05) is 24.9 Å². The van der Waals surface area contributed by atoms with E-state index in [1.54, 1.807) is 7.11 Å². The van der Waals surface area contributed by atoms with Gasteiger partial charge in [0.05, 0.1) is 13.7 Å². The summed E-state index contributed by atoms with van der Waals surface area (Å²) in [4.78, 5) is 11.3. The van der Waals surface area contributed by atoms with Crippen LogP contribution in [0.4, 0.5) is 0 Å². The lowest BCUT2D eigenvalue weighted by atomic mass is 10.1. The molecule has 1 rings (SSSR count). The quantitative estimate of drug-likeness (QED) is 0.746. The first kappa shape index (κ1) is 15.6. The first-order valence-electron chi connectivity index (χ1n) is 6.33. The highest BCUT2D eigenvalue weighted by Crippen LogP contribution is 2.25. The lowest BCUT2D eigenvalue weighted by Crippen LogP contribution is -2.25. The third-order valence-electron chi connectivity index (χ3n) is 2.61. The zero-order valence-corrected chi connectivity index (χ0v) is 12.1. The highest BCUT2D eigenvalue weighted by Gasteiger charge is 2.06. The van der Waals surface area contributed by atoms with Gasteiger partial charge < -0.3 is 14.8 Å². The summed E-state index contributed by atoms with van der Waals surface area (Å²) >= 11 is 5.50. The minimum absolute atomic E-state index is 0.0264. The molecule has 0 aliphatic heterocycles. The van der Waals surface area contributed by atoms with Gasteiger partial charge in [-0.25, -0.2) is 0 Å². The van der Waals surface area contributed by atoms with Gasteiger partial charge in [0.1, 0.15) is 11.5 Å². The van der Waals surface area contributed by atoms with E-state index in [4.69, 9.17) is 21.1 Å². The molecular formula is C14H20ClNO3. The molecule has 1 N–H and O–H groups in total. The Kier molecular flexibility index (Phi) is 7.11. The van der Waals surface area contributed by atoms with E-state index < -0.39 is 0 Å². The summed E-state index contributed by atoms with van der Waals surface area (Å²) in [6.07, 6.45) is 1.07. The smallest absolute Gasteiger partial charge is 0.221 e. The fourth-order valence-corrected chi connectivity index (χ4v) is 1.84. The van der Waals surface area contributed by atoms with Gasteiger partial charge in [-0.1, -0.05) is 6.07 Å². The van der Waals surface area contributed by atoms with Crippen LogP contribution < -0.4 is 14.8 Å². The van der Waals surface area contributed by atoms with E-state index in [0.29, 0.717) is 31.9 Å². The van der Waals surface area contributed by atoms with Gasteiger partial charge in [-0.2, -0.15) is 0 Å². The van der Waals surface area contributed by atoms with E-state index in [1.807, 2.05) is 25.1 Å². The lowest BCUT2D eigenvalue weighted by Gasteiger charge is -2.12. The molecule has 106 valence electrons. The zero-order chi connectivity index (χ0) is 14.1. The molecule has 1 aromatic rings. The average molecular weight is 286 g/mol. The monoisotopic (exact) mass is 285 g/mol. The molecule has 4 nitrogen and oxygen atoms in total. The summed E-state index contributed by atoms with van der Waals surface area (Å²) < 4.78 is 10.7. The van der Waals surface area contributed by atoms with Gasteiger partial charge >= 0.3 is 0 Å². The number of rotatable bonds is 8. The molecule has 0 fully saturated rings. The molecule has 19 heavy (non-hydrogen) atoms. The molecule has 0 unspecified atom stereocenters. The van der Waals surface area contributed by atoms with Crippen LogP contribution in [0.3, 0.4) is 0 Å². The molecule has 0 heterocycles. The Balaban J connectivity index is 2.58. The van der Waals surface area contributed by atoms with Gasteiger partial charge in [-0.15, -0.1) is 11.6 Å². The van der Waals surface area contributed by atoms with Crippen LogP contribution in [0.2, 0.25) is 0 Å². The largest absolute Gasteiger partial charge is 0.497 e. The Bertz CT molecular complexity index is 410. The Morgan fingerprint density at radius 3 is 2.84 bits per heavy atom. The van der Waals surface area contributed by atoms with Crippen molar-refractivity contribution in [3.8, 4) is 11.5 Å². The van der Waals surface area contributed by atoms with Crippen LogP contribution in [0.5, 0.6) is 11.5 Å². The third kappa shape index (κ3) is 5.39. The molecule has 0 bridgehead atoms. The number of ether oxygens (including phenoxy) is 2. The number of benzene rings is 1. The minimum Gasteiger partial charge on any atom is -0.497 e. The third-order valence-corrected chi connectivity index (χ3v) is 2.80. The lowest BCUT2D eigenvalue weighted by molar-refractivity contribution is -0.120. The molecule has 5 heteroatoms. The van der Waals surface area contributed by atoms with Crippen molar-refractivity contribution in [2.24, 2.45) is 0 Å². The van der Waals surface area contributed by atoms with Gasteiger partial charge in [0.25, 0.3) is 0 Å². The summed E-state index contributed by atoms with van der Waals surface area (Å²) in [5.41, 5.74) is 1.05. The second-order valence-corrected chi connectivity index (χ2v) is 4.32. The predicted molar refractivity (Wildman–Crippen MR) is 76.2 cm³/mol. The molecule has 0 aliphatic carbocycles. The van der Waals surface area contributed by atoms with Crippen molar-refractivity contribution in [3.63, 3.8) is 0 Å². The fraction of sp³-hybridized carbons (Fsp3) is 0.500. The normalized spacial score (nSPS) is 10.1. The molecule has 0 spiro atoms. The van der Waals surface area contributed by atoms with Gasteiger partial charge in [0.2, 0.25) is 5.91 Å². The van der Waals surface area contributed by atoms with E-state index in [9.17, 15) is 4.79 Å². The van der Waals surface area contributed by atoms with Crippen molar-refractivity contribution in [2.45, 2.75) is 19.8 Å². The van der Waals surface area contributed by atoms with Crippen molar-refractivity contribution < 1.29 is 14.3 Å². The summed E-state index contributed by atoms with van der Waals surface area (Å²) in [6.45, 7) is 3.10. The number of amides is 1. The summed E-state index contributed by atoms with van der Waals surface area (Å²) in [7, 11) is 1.62. The first-order chi connectivity index (χ1) is 9.21. The number of alkyl halides is 1. The predicted octanol–water partition coefficient (Wildman–Crippen LogP) is 2.38. The number of hydrogen-bond donors (Lipinski definition) is 1. The summed E-state index contributed by atoms with van der Waals surface area (Å²) in [5, 5.41) is 2.82. The topological polar surface area (TPSA) is 47.6 Å². The average Bonchev–Trinajstić information content (AvgIpc) is 2.41. The number of hydrogen-bond acceptors (Lipinski definition) is 3. The van der Waals surface area contributed by atoms with Crippen LogP contribution in [0.25, 0.3) is 0 Å². The molecule has 0 radical (unpaired) electrons. The molecule has 1 amide bonds. The summed E-state index contributed by atoms with van der Waals surface area (Å²) in [6, 6.07) is 5.70. The van der Waals surface area contributed by atoms with Crippen molar-refractivity contribution in [1.82, 2.24) is 5.32 Å². The highest BCUT2D eigenvalue weighted by atomic mass is 35.5. The number of carbonyl (C=O) groups is 1. The maximum atomic E-state index is 11.3. The SMILES string of the molecule is CCOc1cc(OC)ccc1CCNC(=O)CCCl. The van der Waals surface area contributed by atoms with Gasteiger partial charge in [-0.3, -0.25) is 4.79 Å². The molecule has 0 atom stereocenters. The Labute approximate surface area is 119 Å². The number of halogens is 1. The van der Waals surface area contributed by atoms with Crippen LogP contribution in [-0.4, -0.2) is 32.0 Å². The van der Waals surface area contributed by atoms with E-state index in [-0.39, 0.29) is 5.91 Å². The molecular weight excluding hydrogens is 266 g/mol. The summed E-state index contributed by atoms with van der Waals surface area (Å²) in [5.74, 6) is 1.88. The number of methoxy groups -OCH3 is 1. The fourth-order valence-electron chi connectivity index (χ4n) is 1.67. The number of carbonyl (C=O) groups excluding carboxylic acids is 1. The van der Waals surface area contributed by atoms with Crippen molar-refractivity contribution >= 4 is 17.5 Å². The van der Waals surface area contributed by atoms with Crippen molar-refractivity contribution in [3.05, 3.63) is 23.8 Å². The Hall–Kier alpha value is -1.42. The highest BCUT2D eigenvalue weighted by molar-refractivity contribution is 6.18. The molecule has 0 aromatic heterocycles. The van der Waals surface area contributed by atoms with Gasteiger partial charge in [-0.05, 0) is 25.0 Å². The van der Waals surface area contributed by atoms with Crippen molar-refractivity contribution in [1.29, 1.82) is 0 Å². The maximum absolute atomic E-state index is 11.3. The van der Waals surface area contributed by atoms with E-state index >= 15 is 0 Å². The molecule has 0 aliphatic rings. The maximum Gasteiger partial charge on any atom is 0.221 e. The van der Waals surface area contributed by atoms with Gasteiger partial charge in [0.15, 0.2) is 0 Å². The first-order valence-corrected chi connectivity index (χ1v) is 6.87.